The molecule has 0 bridgehead atoms. The zero-order valence-corrected chi connectivity index (χ0v) is 16.4. The van der Waals surface area contributed by atoms with Crippen LogP contribution in [-0.2, 0) is 4.79 Å². The number of rotatable bonds is 7. The van der Waals surface area contributed by atoms with Gasteiger partial charge in [0.25, 0.3) is 0 Å². The average Bonchev–Trinajstić information content (AvgIpc) is 3.17. The largest absolute Gasteiger partial charge is 0.355 e. The molecule has 0 saturated heterocycles. The van der Waals surface area contributed by atoms with Gasteiger partial charge in [-0.15, -0.1) is 10.2 Å². The van der Waals surface area contributed by atoms with Crippen LogP contribution in [0.3, 0.4) is 0 Å². The van der Waals surface area contributed by atoms with Crippen LogP contribution in [0.4, 0.5) is 0 Å². The van der Waals surface area contributed by atoms with Crippen LogP contribution in [0.15, 0.2) is 59.8 Å². The Kier molecular flexibility index (Phi) is 5.53. The summed E-state index contributed by atoms with van der Waals surface area (Å²) < 4.78 is 1.95. The van der Waals surface area contributed by atoms with Gasteiger partial charge < -0.3 is 5.32 Å². The molecule has 4 rings (SSSR count). The van der Waals surface area contributed by atoms with E-state index < -0.39 is 0 Å². The summed E-state index contributed by atoms with van der Waals surface area (Å²) in [4.78, 5) is 17.0. The van der Waals surface area contributed by atoms with E-state index in [1.54, 1.807) is 0 Å². The van der Waals surface area contributed by atoms with Gasteiger partial charge in [-0.1, -0.05) is 67.6 Å². The van der Waals surface area contributed by atoms with E-state index in [1.807, 2.05) is 59.0 Å². The Morgan fingerprint density at radius 2 is 1.86 bits per heavy atom. The van der Waals surface area contributed by atoms with E-state index in [4.69, 9.17) is 4.98 Å². The molecule has 0 aliphatic carbocycles. The first-order chi connectivity index (χ1) is 13.8. The molecule has 0 spiro atoms. The fourth-order valence-corrected chi connectivity index (χ4v) is 3.78. The molecular weight excluding hydrogens is 370 g/mol. The van der Waals surface area contributed by atoms with E-state index in [0.717, 1.165) is 40.8 Å². The lowest BCUT2D eigenvalue weighted by molar-refractivity contribution is -0.118. The van der Waals surface area contributed by atoms with Crippen LogP contribution in [0.5, 0.6) is 0 Å². The molecule has 7 heteroatoms. The van der Waals surface area contributed by atoms with Crippen molar-refractivity contribution in [3.63, 3.8) is 0 Å². The minimum absolute atomic E-state index is 0.00482. The smallest absolute Gasteiger partial charge is 0.230 e. The average molecular weight is 392 g/mol. The summed E-state index contributed by atoms with van der Waals surface area (Å²) in [5.41, 5.74) is 2.60. The summed E-state index contributed by atoms with van der Waals surface area (Å²) in [7, 11) is 0. The zero-order valence-electron chi connectivity index (χ0n) is 15.6. The Balaban J connectivity index is 1.74. The second-order valence-corrected chi connectivity index (χ2v) is 7.39. The minimum atomic E-state index is 0.00482. The summed E-state index contributed by atoms with van der Waals surface area (Å²) in [6.07, 6.45) is 2.04. The number of nitrogens with one attached hydrogen (secondary N) is 1. The number of nitrogens with zero attached hydrogens (tertiary/aromatic N) is 4. The SMILES string of the molecule is CCCCNC(=O)CSc1nnc2c3ccccc3nc(-c3ccccc3)n12. The molecule has 0 unspecified atom stereocenters. The molecule has 0 aliphatic heterocycles. The maximum absolute atomic E-state index is 12.1. The molecule has 0 atom stereocenters. The first kappa shape index (κ1) is 18.4. The maximum Gasteiger partial charge on any atom is 0.230 e. The van der Waals surface area contributed by atoms with Crippen LogP contribution in [0.25, 0.3) is 27.9 Å². The Morgan fingerprint density at radius 1 is 1.07 bits per heavy atom. The molecule has 4 aromatic rings. The summed E-state index contributed by atoms with van der Waals surface area (Å²) >= 11 is 1.38. The highest BCUT2D eigenvalue weighted by molar-refractivity contribution is 7.99. The predicted octanol–water partition coefficient (Wildman–Crippen LogP) is 3.95. The van der Waals surface area contributed by atoms with Crippen molar-refractivity contribution in [2.45, 2.75) is 24.9 Å². The van der Waals surface area contributed by atoms with Crippen molar-refractivity contribution in [2.24, 2.45) is 0 Å². The third-order valence-corrected chi connectivity index (χ3v) is 5.36. The van der Waals surface area contributed by atoms with Crippen LogP contribution < -0.4 is 5.32 Å². The van der Waals surface area contributed by atoms with E-state index in [2.05, 4.69) is 22.4 Å². The van der Waals surface area contributed by atoms with E-state index in [9.17, 15) is 4.79 Å². The van der Waals surface area contributed by atoms with Gasteiger partial charge in [0.2, 0.25) is 5.91 Å². The number of fused-ring (bicyclic) bond motifs is 3. The summed E-state index contributed by atoms with van der Waals surface area (Å²) in [6, 6.07) is 17.9. The fraction of sp³-hybridized carbons (Fsp3) is 0.238. The predicted molar refractivity (Wildman–Crippen MR) is 112 cm³/mol. The molecule has 1 amide bonds. The molecule has 2 aromatic carbocycles. The van der Waals surface area contributed by atoms with Crippen LogP contribution in [-0.4, -0.2) is 37.8 Å². The molecule has 0 radical (unpaired) electrons. The fourth-order valence-electron chi connectivity index (χ4n) is 3.02. The lowest BCUT2D eigenvalue weighted by atomic mass is 10.2. The number of carbonyl (C=O) groups is 1. The Morgan fingerprint density at radius 3 is 2.68 bits per heavy atom. The normalized spacial score (nSPS) is 11.2. The maximum atomic E-state index is 12.1. The zero-order chi connectivity index (χ0) is 19.3. The van der Waals surface area contributed by atoms with Crippen molar-refractivity contribution < 1.29 is 4.79 Å². The molecule has 0 saturated carbocycles. The van der Waals surface area contributed by atoms with Crippen molar-refractivity contribution >= 4 is 34.2 Å². The topological polar surface area (TPSA) is 72.2 Å². The third-order valence-electron chi connectivity index (χ3n) is 4.43. The van der Waals surface area contributed by atoms with Gasteiger partial charge in [0.05, 0.1) is 11.3 Å². The molecule has 0 aliphatic rings. The lowest BCUT2D eigenvalue weighted by Gasteiger charge is -2.09. The summed E-state index contributed by atoms with van der Waals surface area (Å²) in [6.45, 7) is 2.81. The van der Waals surface area contributed by atoms with Gasteiger partial charge in [-0.05, 0) is 18.6 Å². The van der Waals surface area contributed by atoms with Crippen LogP contribution in [0, 0.1) is 0 Å². The molecule has 2 heterocycles. The molecule has 0 fully saturated rings. The number of aromatic nitrogens is 4. The number of hydrogen-bond acceptors (Lipinski definition) is 5. The third kappa shape index (κ3) is 3.71. The van der Waals surface area contributed by atoms with E-state index >= 15 is 0 Å². The number of carbonyl (C=O) groups excluding carboxylic acids is 1. The first-order valence-corrected chi connectivity index (χ1v) is 10.4. The van der Waals surface area contributed by atoms with Crippen molar-refractivity contribution in [1.29, 1.82) is 0 Å². The van der Waals surface area contributed by atoms with Crippen molar-refractivity contribution in [3.8, 4) is 11.4 Å². The van der Waals surface area contributed by atoms with Crippen molar-refractivity contribution in [2.75, 3.05) is 12.3 Å². The van der Waals surface area contributed by atoms with Crippen molar-refractivity contribution in [1.82, 2.24) is 24.9 Å². The number of para-hydroxylation sites is 1. The molecule has 2 aromatic heterocycles. The molecular formula is C21H21N5OS. The van der Waals surface area contributed by atoms with E-state index in [-0.39, 0.29) is 5.91 Å². The quantitative estimate of drug-likeness (QED) is 0.381. The number of hydrogen-bond donors (Lipinski definition) is 1. The Labute approximate surface area is 167 Å². The highest BCUT2D eigenvalue weighted by atomic mass is 32.2. The number of thioether (sulfide) groups is 1. The van der Waals surface area contributed by atoms with Gasteiger partial charge in [0.1, 0.15) is 5.82 Å². The van der Waals surface area contributed by atoms with Gasteiger partial charge in [0.15, 0.2) is 10.8 Å². The van der Waals surface area contributed by atoms with Gasteiger partial charge in [-0.2, -0.15) is 0 Å². The minimum Gasteiger partial charge on any atom is -0.355 e. The number of benzene rings is 2. The van der Waals surface area contributed by atoms with Gasteiger partial charge in [-0.25, -0.2) is 4.98 Å². The Hall–Kier alpha value is -2.93. The Bertz CT molecular complexity index is 1110. The van der Waals surface area contributed by atoms with Crippen molar-refractivity contribution in [3.05, 3.63) is 54.6 Å². The first-order valence-electron chi connectivity index (χ1n) is 9.36. The number of unbranched alkanes of at least 4 members (excludes halogenated alkanes) is 1. The van der Waals surface area contributed by atoms with E-state index in [0.29, 0.717) is 17.5 Å². The highest BCUT2D eigenvalue weighted by Crippen LogP contribution is 2.28. The van der Waals surface area contributed by atoms with E-state index in [1.165, 1.54) is 11.8 Å². The van der Waals surface area contributed by atoms with Gasteiger partial charge >= 0.3 is 0 Å². The van der Waals surface area contributed by atoms with Crippen LogP contribution in [0.2, 0.25) is 0 Å². The highest BCUT2D eigenvalue weighted by Gasteiger charge is 2.17. The molecule has 28 heavy (non-hydrogen) atoms. The lowest BCUT2D eigenvalue weighted by Crippen LogP contribution is -2.26. The molecule has 1 N–H and O–H groups in total. The van der Waals surface area contributed by atoms with Crippen LogP contribution >= 0.6 is 11.8 Å². The number of amides is 1. The van der Waals surface area contributed by atoms with Gasteiger partial charge in [-0.3, -0.25) is 9.20 Å². The van der Waals surface area contributed by atoms with Gasteiger partial charge in [0, 0.05) is 17.5 Å². The second kappa shape index (κ2) is 8.39. The summed E-state index contributed by atoms with van der Waals surface area (Å²) in [5, 5.41) is 13.3. The molecule has 142 valence electrons. The standard InChI is InChI=1S/C21H21N5OS/c1-2-3-13-22-18(27)14-28-21-25-24-20-16-11-7-8-12-17(16)23-19(26(20)21)15-9-5-4-6-10-15/h4-12H,2-3,13-14H2,1H3,(H,22,27). The molecule has 6 nitrogen and oxygen atoms in total. The second-order valence-electron chi connectivity index (χ2n) is 6.45. The van der Waals surface area contributed by atoms with Crippen LogP contribution in [0.1, 0.15) is 19.8 Å². The summed E-state index contributed by atoms with van der Waals surface area (Å²) in [5.74, 6) is 1.07. The monoisotopic (exact) mass is 391 g/mol.